The third-order valence-electron chi connectivity index (χ3n) is 4.06. The van der Waals surface area contributed by atoms with Gasteiger partial charge >= 0.3 is 12.1 Å². The van der Waals surface area contributed by atoms with Crippen molar-refractivity contribution in [3.63, 3.8) is 0 Å². The number of rotatable bonds is 7. The van der Waals surface area contributed by atoms with E-state index in [1.165, 1.54) is 7.11 Å². The van der Waals surface area contributed by atoms with Gasteiger partial charge in [0, 0.05) is 6.04 Å². The number of terminal acetylenes is 1. The number of hydrogen-bond acceptors (Lipinski definition) is 6. The first kappa shape index (κ1) is 25.5. The topological polar surface area (TPSA) is 114 Å². The third kappa shape index (κ3) is 8.01. The van der Waals surface area contributed by atoms with Crippen molar-refractivity contribution in [1.29, 1.82) is 0 Å². The molecule has 1 rings (SSSR count). The summed E-state index contributed by atoms with van der Waals surface area (Å²) in [6, 6.07) is 6.38. The van der Waals surface area contributed by atoms with Gasteiger partial charge in [-0.1, -0.05) is 30.2 Å². The van der Waals surface area contributed by atoms with Gasteiger partial charge in [-0.25, -0.2) is 4.79 Å². The van der Waals surface area contributed by atoms with Crippen molar-refractivity contribution in [2.45, 2.75) is 46.3 Å². The maximum atomic E-state index is 12.9. The molecule has 1 atom stereocenters. The Balaban J connectivity index is 3.16. The predicted molar refractivity (Wildman–Crippen MR) is 114 cm³/mol. The van der Waals surface area contributed by atoms with E-state index in [4.69, 9.17) is 11.2 Å². The molecule has 0 saturated carbocycles. The molecule has 0 heterocycles. The van der Waals surface area contributed by atoms with E-state index in [-0.39, 0.29) is 6.54 Å². The second-order valence-corrected chi connectivity index (χ2v) is 7.80. The SMILES string of the molecule is C#CN(C(=O)CNC(=O)OC(C)(C)C)C(C(=O)NCC(=O)OC)c1cc(C)ccc1C. The number of hydrogen-bond donors (Lipinski definition) is 2. The molecule has 1 aromatic rings. The van der Waals surface area contributed by atoms with E-state index in [1.807, 2.05) is 13.0 Å². The Morgan fingerprint density at radius 3 is 2.32 bits per heavy atom. The van der Waals surface area contributed by atoms with E-state index in [9.17, 15) is 19.2 Å². The zero-order valence-electron chi connectivity index (χ0n) is 18.7. The molecule has 9 nitrogen and oxygen atoms in total. The molecule has 1 aromatic carbocycles. The van der Waals surface area contributed by atoms with E-state index in [2.05, 4.69) is 21.4 Å². The summed E-state index contributed by atoms with van der Waals surface area (Å²) in [7, 11) is 1.19. The van der Waals surface area contributed by atoms with Gasteiger partial charge in [0.2, 0.25) is 5.91 Å². The number of carbonyl (C=O) groups is 4. The molecule has 3 amide bonds. The highest BCUT2D eigenvalue weighted by atomic mass is 16.6. The molecule has 0 aromatic heterocycles. The fourth-order valence-electron chi connectivity index (χ4n) is 2.62. The highest BCUT2D eigenvalue weighted by molar-refractivity contribution is 5.93. The summed E-state index contributed by atoms with van der Waals surface area (Å²) in [6.45, 7) is 7.79. The first-order valence-electron chi connectivity index (χ1n) is 9.56. The lowest BCUT2D eigenvalue weighted by molar-refractivity contribution is -0.142. The average Bonchev–Trinajstić information content (AvgIpc) is 2.68. The summed E-state index contributed by atoms with van der Waals surface area (Å²) in [5, 5.41) is 4.76. The summed E-state index contributed by atoms with van der Waals surface area (Å²) >= 11 is 0. The monoisotopic (exact) mass is 431 g/mol. The Morgan fingerprint density at radius 2 is 1.77 bits per heavy atom. The summed E-state index contributed by atoms with van der Waals surface area (Å²) in [4.78, 5) is 49.9. The number of aryl methyl sites for hydroxylation is 2. The molecule has 0 aliphatic heterocycles. The molecule has 31 heavy (non-hydrogen) atoms. The maximum Gasteiger partial charge on any atom is 0.408 e. The summed E-state index contributed by atoms with van der Waals surface area (Å²) < 4.78 is 9.64. The van der Waals surface area contributed by atoms with Crippen molar-refractivity contribution >= 4 is 23.9 Å². The van der Waals surface area contributed by atoms with Crippen LogP contribution in [0.4, 0.5) is 4.79 Å². The Hall–Kier alpha value is -3.54. The van der Waals surface area contributed by atoms with Gasteiger partial charge in [0.25, 0.3) is 5.91 Å². The van der Waals surface area contributed by atoms with Crippen molar-refractivity contribution < 1.29 is 28.7 Å². The van der Waals surface area contributed by atoms with Gasteiger partial charge in [-0.2, -0.15) is 0 Å². The zero-order valence-corrected chi connectivity index (χ0v) is 18.7. The summed E-state index contributed by atoms with van der Waals surface area (Å²) in [6.07, 6.45) is 4.77. The Labute approximate surface area is 182 Å². The van der Waals surface area contributed by atoms with Crippen molar-refractivity contribution in [1.82, 2.24) is 15.5 Å². The van der Waals surface area contributed by atoms with Crippen molar-refractivity contribution in [3.05, 3.63) is 34.9 Å². The molecule has 0 aliphatic carbocycles. The molecule has 0 bridgehead atoms. The molecular weight excluding hydrogens is 402 g/mol. The molecule has 1 unspecified atom stereocenters. The van der Waals surface area contributed by atoms with Gasteiger partial charge < -0.3 is 20.1 Å². The van der Waals surface area contributed by atoms with Crippen LogP contribution in [0.2, 0.25) is 0 Å². The van der Waals surface area contributed by atoms with Crippen molar-refractivity contribution in [2.75, 3.05) is 20.2 Å². The number of ether oxygens (including phenoxy) is 2. The minimum Gasteiger partial charge on any atom is -0.468 e. The van der Waals surface area contributed by atoms with Crippen LogP contribution in [0.1, 0.15) is 43.5 Å². The number of nitrogens with zero attached hydrogens (tertiary/aromatic N) is 1. The normalized spacial score (nSPS) is 11.5. The van der Waals surface area contributed by atoms with Crippen LogP contribution in [0.25, 0.3) is 0 Å². The van der Waals surface area contributed by atoms with E-state index < -0.39 is 42.1 Å². The molecule has 0 saturated heterocycles. The Bertz CT molecular complexity index is 882. The fourth-order valence-corrected chi connectivity index (χ4v) is 2.62. The molecule has 168 valence electrons. The average molecular weight is 431 g/mol. The van der Waals surface area contributed by atoms with Crippen LogP contribution in [0.3, 0.4) is 0 Å². The smallest absolute Gasteiger partial charge is 0.408 e. The molecule has 0 aliphatic rings. The second-order valence-electron chi connectivity index (χ2n) is 7.80. The van der Waals surface area contributed by atoms with Crippen LogP contribution in [0.15, 0.2) is 18.2 Å². The molecule has 9 heteroatoms. The standard InChI is InChI=1S/C22H29N3O6/c1-8-25(17(26)12-24-21(29)31-22(4,5)6)19(20(28)23-13-18(27)30-7)16-11-14(2)9-10-15(16)3/h1,9-11,19H,12-13H2,2-7H3,(H,23,28)(H,24,29). The Kier molecular flexibility index (Phi) is 9.06. The summed E-state index contributed by atoms with van der Waals surface area (Å²) in [5.74, 6) is -2.02. The maximum absolute atomic E-state index is 12.9. The van der Waals surface area contributed by atoms with Crippen LogP contribution in [0, 0.1) is 26.3 Å². The largest absolute Gasteiger partial charge is 0.468 e. The number of amides is 3. The minimum absolute atomic E-state index is 0.389. The Morgan fingerprint density at radius 1 is 1.13 bits per heavy atom. The lowest BCUT2D eigenvalue weighted by Crippen LogP contribution is -2.46. The molecule has 0 radical (unpaired) electrons. The highest BCUT2D eigenvalue weighted by Gasteiger charge is 2.32. The van der Waals surface area contributed by atoms with Crippen molar-refractivity contribution in [2.24, 2.45) is 0 Å². The predicted octanol–water partition coefficient (Wildman–Crippen LogP) is 1.58. The van der Waals surface area contributed by atoms with Crippen LogP contribution < -0.4 is 10.6 Å². The molecule has 0 spiro atoms. The number of nitrogens with one attached hydrogen (secondary N) is 2. The highest BCUT2D eigenvalue weighted by Crippen LogP contribution is 2.25. The van der Waals surface area contributed by atoms with Crippen LogP contribution in [-0.2, 0) is 23.9 Å². The number of methoxy groups -OCH3 is 1. The minimum atomic E-state index is -1.22. The van der Waals surface area contributed by atoms with E-state index >= 15 is 0 Å². The van der Waals surface area contributed by atoms with Crippen LogP contribution in [0.5, 0.6) is 0 Å². The first-order valence-corrected chi connectivity index (χ1v) is 9.56. The van der Waals surface area contributed by atoms with Gasteiger partial charge in [-0.15, -0.1) is 0 Å². The third-order valence-corrected chi connectivity index (χ3v) is 4.06. The van der Waals surface area contributed by atoms with Gasteiger partial charge in [0.1, 0.15) is 24.7 Å². The number of benzene rings is 1. The van der Waals surface area contributed by atoms with E-state index in [1.54, 1.807) is 39.8 Å². The van der Waals surface area contributed by atoms with Gasteiger partial charge in [-0.3, -0.25) is 19.3 Å². The van der Waals surface area contributed by atoms with Gasteiger partial charge in [0.05, 0.1) is 7.11 Å². The number of carbonyl (C=O) groups excluding carboxylic acids is 4. The zero-order chi connectivity index (χ0) is 23.8. The molecule has 2 N–H and O–H groups in total. The van der Waals surface area contributed by atoms with E-state index in [0.717, 1.165) is 16.0 Å². The lowest BCUT2D eigenvalue weighted by atomic mass is 9.97. The van der Waals surface area contributed by atoms with Crippen molar-refractivity contribution in [3.8, 4) is 12.5 Å². The van der Waals surface area contributed by atoms with Crippen LogP contribution >= 0.6 is 0 Å². The molecular formula is C22H29N3O6. The van der Waals surface area contributed by atoms with Crippen LogP contribution in [-0.4, -0.2) is 54.6 Å². The first-order chi connectivity index (χ1) is 14.4. The number of alkyl carbamates (subject to hydrolysis) is 1. The quantitative estimate of drug-likeness (QED) is 0.385. The van der Waals surface area contributed by atoms with E-state index in [0.29, 0.717) is 5.56 Å². The fraction of sp³-hybridized carbons (Fsp3) is 0.455. The lowest BCUT2D eigenvalue weighted by Gasteiger charge is -2.28. The second kappa shape index (κ2) is 11.0. The summed E-state index contributed by atoms with van der Waals surface area (Å²) in [5.41, 5.74) is 1.32. The van der Waals surface area contributed by atoms with Gasteiger partial charge in [0.15, 0.2) is 0 Å². The number of esters is 1. The van der Waals surface area contributed by atoms with Gasteiger partial charge in [-0.05, 0) is 45.7 Å². The molecule has 0 fully saturated rings.